The van der Waals surface area contributed by atoms with Gasteiger partial charge in [-0.3, -0.25) is 5.41 Å². The van der Waals surface area contributed by atoms with E-state index in [1.54, 1.807) is 12.1 Å². The summed E-state index contributed by atoms with van der Waals surface area (Å²) < 4.78 is 0. The molecule has 1 aromatic rings. The third kappa shape index (κ3) is 1.94. The normalized spacial score (nSPS) is 7.92. The molecular weight excluding hydrogens is 176 g/mol. The third-order valence-corrected chi connectivity index (χ3v) is 1.20. The highest BCUT2D eigenvalue weighted by Gasteiger charge is 2.02. The Labute approximate surface area is 76.0 Å². The van der Waals surface area contributed by atoms with Gasteiger partial charge in [-0.25, -0.2) is 4.98 Å². The van der Waals surface area contributed by atoms with Crippen LogP contribution >= 0.6 is 12.4 Å². The molecule has 1 rings (SSSR count). The third-order valence-electron chi connectivity index (χ3n) is 1.20. The van der Waals surface area contributed by atoms with Crippen molar-refractivity contribution in [1.82, 2.24) is 4.98 Å². The monoisotopic (exact) mass is 182 g/mol. The van der Waals surface area contributed by atoms with Crippen molar-refractivity contribution in [2.24, 2.45) is 5.73 Å². The Morgan fingerprint density at radius 1 is 1.67 bits per heavy atom. The summed E-state index contributed by atoms with van der Waals surface area (Å²) in [4.78, 5) is 3.74. The highest BCUT2D eigenvalue weighted by Crippen LogP contribution is 2.01. The first-order chi connectivity index (χ1) is 5.25. The second kappa shape index (κ2) is 4.31. The molecule has 1 heterocycles. The fraction of sp³-hybridized carbons (Fsp3) is 0. The molecule has 0 aliphatic rings. The van der Waals surface area contributed by atoms with E-state index >= 15 is 0 Å². The van der Waals surface area contributed by atoms with Gasteiger partial charge >= 0.3 is 0 Å². The predicted molar refractivity (Wildman–Crippen MR) is 47.2 cm³/mol. The van der Waals surface area contributed by atoms with Crippen LogP contribution in [0.25, 0.3) is 0 Å². The summed E-state index contributed by atoms with van der Waals surface area (Å²) in [5.41, 5.74) is 5.76. The predicted octanol–water partition coefficient (Wildman–Crippen LogP) is 0.659. The Bertz CT molecular complexity index is 328. The Morgan fingerprint density at radius 2 is 2.33 bits per heavy atom. The summed E-state index contributed by atoms with van der Waals surface area (Å²) in [6.45, 7) is 0. The van der Waals surface area contributed by atoms with Gasteiger partial charge in [0.15, 0.2) is 5.69 Å². The van der Waals surface area contributed by atoms with Crippen LogP contribution in [0, 0.1) is 16.7 Å². The van der Waals surface area contributed by atoms with Crippen molar-refractivity contribution in [3.8, 4) is 6.07 Å². The topological polar surface area (TPSA) is 86.5 Å². The average Bonchev–Trinajstić information content (AvgIpc) is 2.04. The maximum atomic E-state index is 8.50. The molecule has 0 spiro atoms. The van der Waals surface area contributed by atoms with Gasteiger partial charge in [-0.2, -0.15) is 5.26 Å². The fourth-order valence-corrected chi connectivity index (χ4v) is 0.712. The van der Waals surface area contributed by atoms with E-state index in [2.05, 4.69) is 4.98 Å². The van der Waals surface area contributed by atoms with Crippen molar-refractivity contribution in [2.75, 3.05) is 0 Å². The quantitative estimate of drug-likeness (QED) is 0.494. The maximum absolute atomic E-state index is 8.50. The molecule has 4 nitrogen and oxygen atoms in total. The number of hydrogen-bond donors (Lipinski definition) is 2. The number of nitrogens with zero attached hydrogens (tertiary/aromatic N) is 2. The van der Waals surface area contributed by atoms with Crippen LogP contribution in [0.3, 0.4) is 0 Å². The maximum Gasteiger partial charge on any atom is 0.151 e. The summed E-state index contributed by atoms with van der Waals surface area (Å²) in [5, 5.41) is 15.6. The number of halogens is 1. The number of hydrogen-bond acceptors (Lipinski definition) is 3. The number of nitrogens with two attached hydrogens (primary N) is 1. The van der Waals surface area contributed by atoms with Crippen molar-refractivity contribution >= 4 is 18.2 Å². The number of rotatable bonds is 1. The first kappa shape index (κ1) is 10.4. The lowest BCUT2D eigenvalue weighted by Gasteiger charge is -1.97. The molecule has 0 aromatic carbocycles. The number of nitrogen functional groups attached to an aromatic ring is 1. The van der Waals surface area contributed by atoms with E-state index in [0.717, 1.165) is 0 Å². The first-order valence-corrected chi connectivity index (χ1v) is 2.95. The van der Waals surface area contributed by atoms with Gasteiger partial charge < -0.3 is 5.73 Å². The zero-order valence-electron chi connectivity index (χ0n) is 6.11. The molecule has 0 aliphatic carbocycles. The van der Waals surface area contributed by atoms with Crippen molar-refractivity contribution in [3.05, 3.63) is 29.6 Å². The Kier molecular flexibility index (Phi) is 3.74. The SMILES string of the molecule is Cl.N#Cc1ncccc1C(=N)N. The molecule has 0 aliphatic heterocycles. The molecule has 0 atom stereocenters. The van der Waals surface area contributed by atoms with E-state index in [-0.39, 0.29) is 23.9 Å². The van der Waals surface area contributed by atoms with Gasteiger partial charge in [0.25, 0.3) is 0 Å². The average molecular weight is 183 g/mol. The van der Waals surface area contributed by atoms with Gasteiger partial charge in [0.2, 0.25) is 0 Å². The molecule has 0 saturated carbocycles. The van der Waals surface area contributed by atoms with Crippen molar-refractivity contribution < 1.29 is 0 Å². The van der Waals surface area contributed by atoms with Crippen LogP contribution in [0.2, 0.25) is 0 Å². The second-order valence-corrected chi connectivity index (χ2v) is 1.93. The molecule has 1 aromatic heterocycles. The lowest BCUT2D eigenvalue weighted by Crippen LogP contribution is -2.13. The van der Waals surface area contributed by atoms with Crippen molar-refractivity contribution in [2.45, 2.75) is 0 Å². The number of pyridine rings is 1. The molecule has 0 saturated heterocycles. The van der Waals surface area contributed by atoms with E-state index in [0.29, 0.717) is 5.56 Å². The highest BCUT2D eigenvalue weighted by molar-refractivity contribution is 5.96. The van der Waals surface area contributed by atoms with Crippen molar-refractivity contribution in [1.29, 1.82) is 10.7 Å². The molecule has 62 valence electrons. The first-order valence-electron chi connectivity index (χ1n) is 2.95. The Hall–Kier alpha value is -1.60. The van der Waals surface area contributed by atoms with E-state index in [4.69, 9.17) is 16.4 Å². The lowest BCUT2D eigenvalue weighted by molar-refractivity contribution is 1.24. The van der Waals surface area contributed by atoms with Gasteiger partial charge in [-0.15, -0.1) is 12.4 Å². The smallest absolute Gasteiger partial charge is 0.151 e. The molecular formula is C7H7ClN4. The molecule has 0 radical (unpaired) electrons. The lowest BCUT2D eigenvalue weighted by atomic mass is 10.2. The number of aromatic nitrogens is 1. The van der Waals surface area contributed by atoms with Crippen molar-refractivity contribution in [3.63, 3.8) is 0 Å². The minimum Gasteiger partial charge on any atom is -0.384 e. The molecule has 0 amide bonds. The minimum atomic E-state index is -0.130. The molecule has 0 unspecified atom stereocenters. The number of amidine groups is 1. The Morgan fingerprint density at radius 3 is 2.75 bits per heavy atom. The number of nitriles is 1. The van der Waals surface area contributed by atoms with Gasteiger partial charge in [0.1, 0.15) is 11.9 Å². The highest BCUT2D eigenvalue weighted by atomic mass is 35.5. The van der Waals surface area contributed by atoms with Gasteiger partial charge in [-0.1, -0.05) is 0 Å². The molecule has 5 heteroatoms. The Balaban J connectivity index is 0.00000121. The van der Waals surface area contributed by atoms with E-state index in [1.807, 2.05) is 6.07 Å². The minimum absolute atomic E-state index is 0. The van der Waals surface area contributed by atoms with Crippen LogP contribution in [0.1, 0.15) is 11.3 Å². The van der Waals surface area contributed by atoms with Crippen LogP contribution in [-0.4, -0.2) is 10.8 Å². The number of nitrogens with one attached hydrogen (secondary N) is 1. The van der Waals surface area contributed by atoms with E-state index in [9.17, 15) is 0 Å². The summed E-state index contributed by atoms with van der Waals surface area (Å²) in [7, 11) is 0. The molecule has 12 heavy (non-hydrogen) atoms. The van der Waals surface area contributed by atoms with Crippen LogP contribution in [0.15, 0.2) is 18.3 Å². The van der Waals surface area contributed by atoms with Crippen LogP contribution < -0.4 is 5.73 Å². The van der Waals surface area contributed by atoms with E-state index < -0.39 is 0 Å². The van der Waals surface area contributed by atoms with Crippen LogP contribution in [0.4, 0.5) is 0 Å². The standard InChI is InChI=1S/C7H6N4.ClH/c8-4-6-5(7(9)10)2-1-3-11-6;/h1-3H,(H3,9,10);1H. The summed E-state index contributed by atoms with van der Waals surface area (Å²) in [5.74, 6) is -0.130. The van der Waals surface area contributed by atoms with Crippen LogP contribution in [-0.2, 0) is 0 Å². The summed E-state index contributed by atoms with van der Waals surface area (Å²) in [6.07, 6.45) is 1.49. The fourth-order valence-electron chi connectivity index (χ4n) is 0.712. The zero-order valence-corrected chi connectivity index (χ0v) is 6.93. The molecule has 0 bridgehead atoms. The molecule has 3 N–H and O–H groups in total. The van der Waals surface area contributed by atoms with Crippen LogP contribution in [0.5, 0.6) is 0 Å². The zero-order chi connectivity index (χ0) is 8.27. The van der Waals surface area contributed by atoms with Gasteiger partial charge in [0.05, 0.1) is 5.56 Å². The largest absolute Gasteiger partial charge is 0.384 e. The van der Waals surface area contributed by atoms with E-state index in [1.165, 1.54) is 6.20 Å². The second-order valence-electron chi connectivity index (χ2n) is 1.93. The van der Waals surface area contributed by atoms with Gasteiger partial charge in [-0.05, 0) is 12.1 Å². The summed E-state index contributed by atoms with van der Waals surface area (Å²) in [6, 6.07) is 5.07. The van der Waals surface area contributed by atoms with Gasteiger partial charge in [0, 0.05) is 6.20 Å². The summed E-state index contributed by atoms with van der Waals surface area (Å²) >= 11 is 0. The molecule has 0 fully saturated rings.